The third-order valence-corrected chi connectivity index (χ3v) is 4.03. The van der Waals surface area contributed by atoms with Crippen molar-refractivity contribution in [1.82, 2.24) is 10.6 Å². The van der Waals surface area contributed by atoms with E-state index in [0.29, 0.717) is 0 Å². The van der Waals surface area contributed by atoms with Crippen molar-refractivity contribution in [3.05, 3.63) is 0 Å². The number of guanidine groups is 1. The number of hydrogen-bond acceptors (Lipinski definition) is 2. The highest BCUT2D eigenvalue weighted by Crippen LogP contribution is 2.25. The minimum Gasteiger partial charge on any atom is -0.377 e. The first-order chi connectivity index (χ1) is 9.07. The third kappa shape index (κ3) is 8.29. The van der Waals surface area contributed by atoms with Crippen LogP contribution in [-0.2, 0) is 4.74 Å². The molecule has 0 aromatic carbocycles. The Bertz CT molecular complexity index is 276. The van der Waals surface area contributed by atoms with E-state index in [-0.39, 0.29) is 29.6 Å². The summed E-state index contributed by atoms with van der Waals surface area (Å²) in [6, 6.07) is 0. The van der Waals surface area contributed by atoms with Crippen LogP contribution in [-0.4, -0.2) is 38.8 Å². The van der Waals surface area contributed by atoms with E-state index in [4.69, 9.17) is 4.74 Å². The van der Waals surface area contributed by atoms with Crippen LogP contribution in [0.4, 0.5) is 0 Å². The maximum atomic E-state index is 5.39. The van der Waals surface area contributed by atoms with E-state index in [1.807, 2.05) is 7.05 Å². The number of rotatable bonds is 6. The maximum absolute atomic E-state index is 5.39. The fourth-order valence-corrected chi connectivity index (χ4v) is 2.46. The molecule has 1 aliphatic rings. The first-order valence-corrected chi connectivity index (χ1v) is 7.57. The van der Waals surface area contributed by atoms with Crippen molar-refractivity contribution in [3.63, 3.8) is 0 Å². The summed E-state index contributed by atoms with van der Waals surface area (Å²) in [5.74, 6) is 1.79. The molecule has 5 heteroatoms. The van der Waals surface area contributed by atoms with Crippen molar-refractivity contribution in [2.75, 3.05) is 27.2 Å². The van der Waals surface area contributed by atoms with Crippen LogP contribution in [0.2, 0.25) is 0 Å². The minimum absolute atomic E-state index is 0. The van der Waals surface area contributed by atoms with E-state index in [9.17, 15) is 0 Å². The molecule has 0 amide bonds. The van der Waals surface area contributed by atoms with E-state index in [2.05, 4.69) is 29.5 Å². The number of nitrogens with one attached hydrogen (secondary N) is 2. The second kappa shape index (κ2) is 10.7. The molecule has 0 bridgehead atoms. The predicted molar refractivity (Wildman–Crippen MR) is 97.1 cm³/mol. The van der Waals surface area contributed by atoms with Crippen molar-refractivity contribution in [2.24, 2.45) is 10.9 Å². The van der Waals surface area contributed by atoms with Crippen LogP contribution in [0.15, 0.2) is 4.99 Å². The summed E-state index contributed by atoms with van der Waals surface area (Å²) in [6.07, 6.45) is 8.34. The normalized spacial score (nSPS) is 17.5. The molecule has 0 unspecified atom stereocenters. The SMILES string of the molecule is CN=C(NCCC1CCCCC1)NCC(C)(C)OC.I. The number of halogens is 1. The molecule has 1 fully saturated rings. The van der Waals surface area contributed by atoms with Gasteiger partial charge in [0.1, 0.15) is 0 Å². The maximum Gasteiger partial charge on any atom is 0.191 e. The van der Waals surface area contributed by atoms with Gasteiger partial charge in [-0.15, -0.1) is 24.0 Å². The molecule has 1 rings (SSSR count). The highest BCUT2D eigenvalue weighted by molar-refractivity contribution is 14.0. The molecule has 20 heavy (non-hydrogen) atoms. The van der Waals surface area contributed by atoms with Crippen molar-refractivity contribution >= 4 is 29.9 Å². The van der Waals surface area contributed by atoms with Gasteiger partial charge in [-0.3, -0.25) is 4.99 Å². The number of hydrogen-bond donors (Lipinski definition) is 2. The average Bonchev–Trinajstić information content (AvgIpc) is 2.43. The van der Waals surface area contributed by atoms with Crippen molar-refractivity contribution in [3.8, 4) is 0 Å². The molecule has 120 valence electrons. The lowest BCUT2D eigenvalue weighted by molar-refractivity contribution is 0.0268. The van der Waals surface area contributed by atoms with Crippen LogP contribution in [0.1, 0.15) is 52.4 Å². The lowest BCUT2D eigenvalue weighted by atomic mass is 9.87. The van der Waals surface area contributed by atoms with Gasteiger partial charge in [0, 0.05) is 27.2 Å². The average molecular weight is 397 g/mol. The first-order valence-electron chi connectivity index (χ1n) is 7.57. The van der Waals surface area contributed by atoms with Gasteiger partial charge in [0.25, 0.3) is 0 Å². The summed E-state index contributed by atoms with van der Waals surface area (Å²) < 4.78 is 5.39. The molecule has 1 saturated carbocycles. The summed E-state index contributed by atoms with van der Waals surface area (Å²) in [5, 5.41) is 6.71. The van der Waals surface area contributed by atoms with Gasteiger partial charge in [0.05, 0.1) is 5.60 Å². The van der Waals surface area contributed by atoms with Gasteiger partial charge in [-0.05, 0) is 26.2 Å². The molecule has 1 aliphatic carbocycles. The summed E-state index contributed by atoms with van der Waals surface area (Å²) in [6.45, 7) is 5.90. The highest BCUT2D eigenvalue weighted by Gasteiger charge is 2.17. The molecule has 0 aromatic rings. The molecule has 0 saturated heterocycles. The molecule has 0 atom stereocenters. The molecule has 0 spiro atoms. The van der Waals surface area contributed by atoms with Crippen LogP contribution in [0, 0.1) is 5.92 Å². The van der Waals surface area contributed by atoms with Gasteiger partial charge in [-0.1, -0.05) is 32.1 Å². The van der Waals surface area contributed by atoms with Gasteiger partial charge < -0.3 is 15.4 Å². The number of aliphatic imine (C=N–C) groups is 1. The predicted octanol–water partition coefficient (Wildman–Crippen LogP) is 3.16. The monoisotopic (exact) mass is 397 g/mol. The third-order valence-electron chi connectivity index (χ3n) is 4.03. The molecule has 4 nitrogen and oxygen atoms in total. The largest absolute Gasteiger partial charge is 0.377 e. The fraction of sp³-hybridized carbons (Fsp3) is 0.933. The first kappa shape index (κ1) is 20.0. The standard InChI is InChI=1S/C15H31N3O.HI/c1-15(2,19-4)12-18-14(16-3)17-11-10-13-8-6-5-7-9-13;/h13H,5-12H2,1-4H3,(H2,16,17,18);1H. The van der Waals surface area contributed by atoms with Crippen LogP contribution in [0.3, 0.4) is 0 Å². The molecular weight excluding hydrogens is 365 g/mol. The van der Waals surface area contributed by atoms with Crippen LogP contribution in [0.5, 0.6) is 0 Å². The van der Waals surface area contributed by atoms with Crippen LogP contribution in [0.25, 0.3) is 0 Å². The second-order valence-electron chi connectivity index (χ2n) is 6.11. The van der Waals surface area contributed by atoms with Crippen LogP contribution < -0.4 is 10.6 Å². The van der Waals surface area contributed by atoms with Crippen LogP contribution >= 0.6 is 24.0 Å². The number of ether oxygens (including phenoxy) is 1. The topological polar surface area (TPSA) is 45.7 Å². The van der Waals surface area contributed by atoms with Crippen molar-refractivity contribution in [2.45, 2.75) is 58.0 Å². The molecule has 0 heterocycles. The number of nitrogens with zero attached hydrogens (tertiary/aromatic N) is 1. The summed E-state index contributed by atoms with van der Waals surface area (Å²) >= 11 is 0. The highest BCUT2D eigenvalue weighted by atomic mass is 127. The van der Waals surface area contributed by atoms with Crippen molar-refractivity contribution < 1.29 is 4.74 Å². The van der Waals surface area contributed by atoms with Gasteiger partial charge in [0.15, 0.2) is 5.96 Å². The van der Waals surface area contributed by atoms with Gasteiger partial charge in [0.2, 0.25) is 0 Å². The Hall–Kier alpha value is -0.0400. The Kier molecular flexibility index (Phi) is 10.6. The van der Waals surface area contributed by atoms with Gasteiger partial charge in [-0.2, -0.15) is 0 Å². The lowest BCUT2D eigenvalue weighted by Gasteiger charge is -2.25. The fourth-order valence-electron chi connectivity index (χ4n) is 2.46. The summed E-state index contributed by atoms with van der Waals surface area (Å²) in [5.41, 5.74) is -0.166. The molecule has 0 aromatic heterocycles. The van der Waals surface area contributed by atoms with Gasteiger partial charge >= 0.3 is 0 Å². The van der Waals surface area contributed by atoms with E-state index in [1.54, 1.807) is 7.11 Å². The quantitative estimate of drug-likeness (QED) is 0.411. The molecule has 2 N–H and O–H groups in total. The Labute approximate surface area is 141 Å². The smallest absolute Gasteiger partial charge is 0.191 e. The minimum atomic E-state index is -0.166. The second-order valence-corrected chi connectivity index (χ2v) is 6.11. The Balaban J connectivity index is 0.00000361. The zero-order valence-electron chi connectivity index (χ0n) is 13.5. The van der Waals surface area contributed by atoms with E-state index in [0.717, 1.165) is 25.0 Å². The Morgan fingerprint density at radius 3 is 2.40 bits per heavy atom. The van der Waals surface area contributed by atoms with E-state index < -0.39 is 0 Å². The van der Waals surface area contributed by atoms with E-state index in [1.165, 1.54) is 38.5 Å². The van der Waals surface area contributed by atoms with Crippen molar-refractivity contribution in [1.29, 1.82) is 0 Å². The lowest BCUT2D eigenvalue weighted by Crippen LogP contribution is -2.45. The molecule has 0 radical (unpaired) electrons. The summed E-state index contributed by atoms with van der Waals surface area (Å²) in [7, 11) is 3.55. The van der Waals surface area contributed by atoms with E-state index >= 15 is 0 Å². The Morgan fingerprint density at radius 1 is 1.20 bits per heavy atom. The molecular formula is C15H32IN3O. The van der Waals surface area contributed by atoms with Gasteiger partial charge in [-0.25, -0.2) is 0 Å². The molecule has 0 aliphatic heterocycles. The zero-order chi connectivity index (χ0) is 14.1. The number of methoxy groups -OCH3 is 1. The Morgan fingerprint density at radius 2 is 1.85 bits per heavy atom. The zero-order valence-corrected chi connectivity index (χ0v) is 15.8. The summed E-state index contributed by atoms with van der Waals surface area (Å²) in [4.78, 5) is 4.25.